The Balaban J connectivity index is 1.72. The van der Waals surface area contributed by atoms with Gasteiger partial charge in [-0.1, -0.05) is 42.5 Å². The predicted octanol–water partition coefficient (Wildman–Crippen LogP) is 4.00. The standard InChI is InChI=1S/C24H22N4O2/c1-28(2)23-18-13-12-17(24(30)25-15-16-8-4-3-5-9-16)14-20(18)26-22(27-23)19-10-6-7-11-21(19)29/h3-14,29H,15H2,1-2H3,(H,25,30). The zero-order valence-corrected chi connectivity index (χ0v) is 16.8. The summed E-state index contributed by atoms with van der Waals surface area (Å²) in [5.74, 6) is 1.06. The third-order valence-electron chi connectivity index (χ3n) is 4.80. The molecule has 0 bridgehead atoms. The van der Waals surface area contributed by atoms with E-state index in [0.29, 0.717) is 29.0 Å². The lowest BCUT2D eigenvalue weighted by Gasteiger charge is -2.16. The van der Waals surface area contributed by atoms with E-state index in [1.165, 1.54) is 0 Å². The Morgan fingerprint density at radius 2 is 1.70 bits per heavy atom. The number of hydrogen-bond donors (Lipinski definition) is 2. The van der Waals surface area contributed by atoms with Gasteiger partial charge in [-0.15, -0.1) is 0 Å². The Morgan fingerprint density at radius 3 is 2.43 bits per heavy atom. The molecule has 1 amide bonds. The van der Waals surface area contributed by atoms with Crippen molar-refractivity contribution >= 4 is 22.6 Å². The van der Waals surface area contributed by atoms with Crippen LogP contribution in [0.3, 0.4) is 0 Å². The van der Waals surface area contributed by atoms with Gasteiger partial charge in [0.05, 0.1) is 11.1 Å². The first-order valence-electron chi connectivity index (χ1n) is 9.62. The van der Waals surface area contributed by atoms with Gasteiger partial charge in [-0.05, 0) is 35.9 Å². The van der Waals surface area contributed by atoms with Crippen LogP contribution in [0.15, 0.2) is 72.8 Å². The van der Waals surface area contributed by atoms with Gasteiger partial charge in [-0.3, -0.25) is 4.79 Å². The van der Waals surface area contributed by atoms with Crippen molar-refractivity contribution in [3.63, 3.8) is 0 Å². The molecule has 4 aromatic rings. The fraction of sp³-hybridized carbons (Fsp3) is 0.125. The number of nitrogens with zero attached hydrogens (tertiary/aromatic N) is 3. The van der Waals surface area contributed by atoms with Gasteiger partial charge in [0.15, 0.2) is 5.82 Å². The lowest BCUT2D eigenvalue weighted by Crippen LogP contribution is -2.22. The zero-order chi connectivity index (χ0) is 21.1. The van der Waals surface area contributed by atoms with Crippen LogP contribution in [-0.4, -0.2) is 35.1 Å². The number of benzene rings is 3. The van der Waals surface area contributed by atoms with E-state index in [9.17, 15) is 9.90 Å². The van der Waals surface area contributed by atoms with Gasteiger partial charge in [0, 0.05) is 31.6 Å². The van der Waals surface area contributed by atoms with E-state index >= 15 is 0 Å². The number of rotatable bonds is 5. The largest absolute Gasteiger partial charge is 0.507 e. The minimum absolute atomic E-state index is 0.110. The summed E-state index contributed by atoms with van der Waals surface area (Å²) >= 11 is 0. The zero-order valence-electron chi connectivity index (χ0n) is 16.8. The summed E-state index contributed by atoms with van der Waals surface area (Å²) in [4.78, 5) is 23.8. The molecule has 0 fully saturated rings. The topological polar surface area (TPSA) is 78.3 Å². The number of para-hydroxylation sites is 1. The first-order chi connectivity index (χ1) is 14.5. The van der Waals surface area contributed by atoms with E-state index in [1.807, 2.05) is 61.5 Å². The summed E-state index contributed by atoms with van der Waals surface area (Å²) in [6, 6.07) is 22.1. The monoisotopic (exact) mass is 398 g/mol. The van der Waals surface area contributed by atoms with Gasteiger partial charge in [0.2, 0.25) is 0 Å². The second-order valence-electron chi connectivity index (χ2n) is 7.18. The van der Waals surface area contributed by atoms with Gasteiger partial charge in [-0.2, -0.15) is 0 Å². The minimum atomic E-state index is -0.171. The molecule has 4 rings (SSSR count). The Kier molecular flexibility index (Phi) is 5.30. The molecule has 0 saturated heterocycles. The van der Waals surface area contributed by atoms with Crippen LogP contribution in [0.2, 0.25) is 0 Å². The fourth-order valence-electron chi connectivity index (χ4n) is 3.26. The molecule has 150 valence electrons. The van der Waals surface area contributed by atoms with Crippen LogP contribution in [-0.2, 0) is 6.54 Å². The van der Waals surface area contributed by atoms with Gasteiger partial charge in [-0.25, -0.2) is 9.97 Å². The lowest BCUT2D eigenvalue weighted by atomic mass is 10.1. The number of fused-ring (bicyclic) bond motifs is 1. The molecule has 1 aromatic heterocycles. The van der Waals surface area contributed by atoms with Crippen LogP contribution < -0.4 is 10.2 Å². The molecule has 3 aromatic carbocycles. The highest BCUT2D eigenvalue weighted by atomic mass is 16.3. The van der Waals surface area contributed by atoms with Crippen LogP contribution >= 0.6 is 0 Å². The average molecular weight is 398 g/mol. The number of phenols is 1. The number of aromatic nitrogens is 2. The molecule has 0 unspecified atom stereocenters. The normalized spacial score (nSPS) is 10.7. The second kappa shape index (κ2) is 8.21. The minimum Gasteiger partial charge on any atom is -0.507 e. The maximum Gasteiger partial charge on any atom is 0.251 e. The molecule has 0 aliphatic carbocycles. The number of carbonyl (C=O) groups is 1. The summed E-state index contributed by atoms with van der Waals surface area (Å²) in [6.07, 6.45) is 0. The summed E-state index contributed by atoms with van der Waals surface area (Å²) in [5.41, 5.74) is 2.73. The Labute approximate surface area is 174 Å². The van der Waals surface area contributed by atoms with Crippen LogP contribution in [0.4, 0.5) is 5.82 Å². The molecule has 0 atom stereocenters. The smallest absolute Gasteiger partial charge is 0.251 e. The van der Waals surface area contributed by atoms with Gasteiger partial charge >= 0.3 is 0 Å². The van der Waals surface area contributed by atoms with E-state index in [0.717, 1.165) is 16.8 Å². The number of hydrogen-bond acceptors (Lipinski definition) is 5. The maximum atomic E-state index is 12.7. The molecular formula is C24H22N4O2. The van der Waals surface area contributed by atoms with E-state index in [4.69, 9.17) is 0 Å². The molecule has 0 spiro atoms. The first kappa shape index (κ1) is 19.4. The third-order valence-corrected chi connectivity index (χ3v) is 4.80. The second-order valence-corrected chi connectivity index (χ2v) is 7.18. The predicted molar refractivity (Wildman–Crippen MR) is 119 cm³/mol. The Hall–Kier alpha value is -3.93. The van der Waals surface area contributed by atoms with Crippen molar-refractivity contribution in [3.8, 4) is 17.1 Å². The number of phenolic OH excluding ortho intramolecular Hbond substituents is 1. The average Bonchev–Trinajstić information content (AvgIpc) is 2.77. The van der Waals surface area contributed by atoms with E-state index < -0.39 is 0 Å². The summed E-state index contributed by atoms with van der Waals surface area (Å²) in [6.45, 7) is 0.452. The van der Waals surface area contributed by atoms with Crippen molar-refractivity contribution in [3.05, 3.63) is 83.9 Å². The van der Waals surface area contributed by atoms with Crippen LogP contribution in [0.5, 0.6) is 5.75 Å². The van der Waals surface area contributed by atoms with Crippen LogP contribution in [0, 0.1) is 0 Å². The number of carbonyl (C=O) groups excluding carboxylic acids is 1. The van der Waals surface area contributed by atoms with Crippen molar-refractivity contribution in [1.29, 1.82) is 0 Å². The van der Waals surface area contributed by atoms with E-state index in [-0.39, 0.29) is 11.7 Å². The van der Waals surface area contributed by atoms with Crippen molar-refractivity contribution in [2.75, 3.05) is 19.0 Å². The molecule has 0 saturated carbocycles. The summed E-state index contributed by atoms with van der Waals surface area (Å²) in [5, 5.41) is 14.0. The summed E-state index contributed by atoms with van der Waals surface area (Å²) < 4.78 is 0. The lowest BCUT2D eigenvalue weighted by molar-refractivity contribution is 0.0951. The Bertz CT molecular complexity index is 1210. The molecule has 0 aliphatic rings. The van der Waals surface area contributed by atoms with Crippen molar-refractivity contribution in [2.45, 2.75) is 6.54 Å². The Morgan fingerprint density at radius 1 is 0.967 bits per heavy atom. The summed E-state index contributed by atoms with van der Waals surface area (Å²) in [7, 11) is 3.80. The van der Waals surface area contributed by atoms with Gasteiger partial charge in [0.1, 0.15) is 11.6 Å². The highest BCUT2D eigenvalue weighted by molar-refractivity contribution is 6.00. The number of amides is 1. The molecule has 30 heavy (non-hydrogen) atoms. The van der Waals surface area contributed by atoms with Crippen molar-refractivity contribution in [2.24, 2.45) is 0 Å². The molecule has 6 nitrogen and oxygen atoms in total. The van der Waals surface area contributed by atoms with Gasteiger partial charge < -0.3 is 15.3 Å². The fourth-order valence-corrected chi connectivity index (χ4v) is 3.26. The van der Waals surface area contributed by atoms with Crippen molar-refractivity contribution in [1.82, 2.24) is 15.3 Å². The molecule has 2 N–H and O–H groups in total. The molecule has 0 radical (unpaired) electrons. The van der Waals surface area contributed by atoms with Crippen LogP contribution in [0.25, 0.3) is 22.3 Å². The molecular weight excluding hydrogens is 376 g/mol. The first-order valence-corrected chi connectivity index (χ1v) is 9.62. The number of anilines is 1. The van der Waals surface area contributed by atoms with E-state index in [1.54, 1.807) is 30.3 Å². The molecule has 6 heteroatoms. The van der Waals surface area contributed by atoms with Gasteiger partial charge in [0.25, 0.3) is 5.91 Å². The molecule has 1 heterocycles. The molecule has 0 aliphatic heterocycles. The number of aromatic hydroxyl groups is 1. The maximum absolute atomic E-state index is 12.7. The third kappa shape index (κ3) is 3.93. The van der Waals surface area contributed by atoms with Crippen molar-refractivity contribution < 1.29 is 9.90 Å². The quantitative estimate of drug-likeness (QED) is 0.531. The number of nitrogens with one attached hydrogen (secondary N) is 1. The van der Waals surface area contributed by atoms with E-state index in [2.05, 4.69) is 15.3 Å². The highest BCUT2D eigenvalue weighted by Gasteiger charge is 2.15. The SMILES string of the molecule is CN(C)c1nc(-c2ccccc2O)nc2cc(C(=O)NCc3ccccc3)ccc12. The highest BCUT2D eigenvalue weighted by Crippen LogP contribution is 2.31. The van der Waals surface area contributed by atoms with Crippen LogP contribution in [0.1, 0.15) is 15.9 Å².